The molecule has 0 atom stereocenters. The Labute approximate surface area is 148 Å². The van der Waals surface area contributed by atoms with Crippen LogP contribution in [0, 0.1) is 10.8 Å². The topological polar surface area (TPSA) is 9.23 Å². The summed E-state index contributed by atoms with van der Waals surface area (Å²) in [6, 6.07) is 0. The molecule has 0 bridgehead atoms. The van der Waals surface area contributed by atoms with Gasteiger partial charge < -0.3 is 4.74 Å². The van der Waals surface area contributed by atoms with Crippen LogP contribution in [0.4, 0.5) is 0 Å². The van der Waals surface area contributed by atoms with E-state index < -0.39 is 0 Å². The maximum atomic E-state index is 5.90. The quantitative estimate of drug-likeness (QED) is 0.363. The Morgan fingerprint density at radius 3 is 2.29 bits per heavy atom. The monoisotopic (exact) mass is 326 g/mol. The van der Waals surface area contributed by atoms with E-state index in [4.69, 9.17) is 4.74 Å². The van der Waals surface area contributed by atoms with Crippen LogP contribution in [-0.2, 0) is 4.74 Å². The predicted octanol–water partition coefficient (Wildman–Crippen LogP) is 6.55. The first-order valence-corrected chi connectivity index (χ1v) is 9.47. The average Bonchev–Trinajstić information content (AvgIpc) is 2.58. The van der Waals surface area contributed by atoms with Crippen molar-refractivity contribution in [3.63, 3.8) is 0 Å². The summed E-state index contributed by atoms with van der Waals surface area (Å²) in [5.41, 5.74) is 0.0963. The maximum absolute atomic E-state index is 5.90. The molecule has 0 N–H and O–H groups in total. The first-order valence-electron chi connectivity index (χ1n) is 9.47. The molecule has 2 rings (SSSR count). The van der Waals surface area contributed by atoms with E-state index in [0.29, 0.717) is 0 Å². The molecule has 0 aromatic carbocycles. The van der Waals surface area contributed by atoms with Gasteiger partial charge in [-0.25, -0.2) is 0 Å². The molecule has 132 valence electrons. The summed E-state index contributed by atoms with van der Waals surface area (Å²) < 4.78 is 5.90. The van der Waals surface area contributed by atoms with Gasteiger partial charge in [0, 0.05) is 17.4 Å². The molecule has 0 amide bonds. The molecular weight excluding hydrogens is 292 g/mol. The third-order valence-corrected chi connectivity index (χ3v) is 5.13. The molecular formula is C23H34O. The molecule has 0 aliphatic heterocycles. The molecule has 0 unspecified atom stereocenters. The molecule has 0 aromatic heterocycles. The largest absolute Gasteiger partial charge is 0.376 e. The van der Waals surface area contributed by atoms with Gasteiger partial charge in [-0.2, -0.15) is 0 Å². The molecule has 0 saturated heterocycles. The van der Waals surface area contributed by atoms with Crippen LogP contribution in [0.15, 0.2) is 60.8 Å². The van der Waals surface area contributed by atoms with E-state index in [1.54, 1.807) is 0 Å². The lowest BCUT2D eigenvalue weighted by Gasteiger charge is -2.30. The minimum absolute atomic E-state index is 0.0228. The third-order valence-electron chi connectivity index (χ3n) is 5.13. The number of hydrogen-bond donors (Lipinski definition) is 0. The molecule has 2 aliphatic carbocycles. The smallest absolute Gasteiger partial charge is 0.0623 e. The van der Waals surface area contributed by atoms with Gasteiger partial charge in [0.1, 0.15) is 0 Å². The molecule has 0 radical (unpaired) electrons. The van der Waals surface area contributed by atoms with Crippen molar-refractivity contribution in [3.05, 3.63) is 60.8 Å². The molecule has 1 heteroatoms. The zero-order valence-corrected chi connectivity index (χ0v) is 15.9. The van der Waals surface area contributed by atoms with Crippen molar-refractivity contribution in [1.82, 2.24) is 0 Å². The van der Waals surface area contributed by atoms with Crippen LogP contribution in [0.5, 0.6) is 0 Å². The fraction of sp³-hybridized carbons (Fsp3) is 0.565. The molecule has 0 saturated carbocycles. The summed E-state index contributed by atoms with van der Waals surface area (Å²) in [5.74, 6) is 0. The van der Waals surface area contributed by atoms with E-state index in [9.17, 15) is 0 Å². The minimum atomic E-state index is 0.0228. The highest BCUT2D eigenvalue weighted by Gasteiger charge is 2.26. The maximum Gasteiger partial charge on any atom is 0.0623 e. The van der Waals surface area contributed by atoms with Crippen LogP contribution in [0.3, 0.4) is 0 Å². The first-order chi connectivity index (χ1) is 11.4. The van der Waals surface area contributed by atoms with Gasteiger partial charge in [-0.15, -0.1) is 0 Å². The van der Waals surface area contributed by atoms with Crippen molar-refractivity contribution in [2.75, 3.05) is 6.61 Å². The van der Waals surface area contributed by atoms with Crippen LogP contribution in [0.25, 0.3) is 0 Å². The van der Waals surface area contributed by atoms with E-state index in [1.807, 2.05) is 0 Å². The molecule has 2 aliphatic rings. The summed E-state index contributed by atoms with van der Waals surface area (Å²) in [6.07, 6.45) is 28.6. The molecule has 0 fully saturated rings. The fourth-order valence-electron chi connectivity index (χ4n) is 2.92. The Hall–Kier alpha value is -1.34. The van der Waals surface area contributed by atoms with Gasteiger partial charge in [0.15, 0.2) is 0 Å². The van der Waals surface area contributed by atoms with Gasteiger partial charge in [-0.05, 0) is 52.9 Å². The van der Waals surface area contributed by atoms with Crippen molar-refractivity contribution in [1.29, 1.82) is 0 Å². The van der Waals surface area contributed by atoms with Gasteiger partial charge in [0.25, 0.3) is 0 Å². The standard InChI is InChI=1S/C23H34O/c1-5-21(2,3)24-20-12-7-6-9-13-22(4)16-18-23(19-17-22)14-10-8-11-15-23/h9-11,13-19H,5-8,12,20H2,1-4H3/b13-9-. The molecule has 1 nitrogen and oxygen atoms in total. The van der Waals surface area contributed by atoms with Gasteiger partial charge in [-0.1, -0.05) is 67.7 Å². The molecule has 0 aromatic rings. The summed E-state index contributed by atoms with van der Waals surface area (Å²) >= 11 is 0. The van der Waals surface area contributed by atoms with E-state index in [0.717, 1.165) is 32.3 Å². The normalized spacial score (nSPS) is 21.2. The zero-order chi connectivity index (χ0) is 17.5. The highest BCUT2D eigenvalue weighted by molar-refractivity contribution is 5.39. The van der Waals surface area contributed by atoms with Crippen molar-refractivity contribution in [3.8, 4) is 0 Å². The van der Waals surface area contributed by atoms with Crippen LogP contribution in [0.1, 0.15) is 59.8 Å². The second-order valence-corrected chi connectivity index (χ2v) is 7.93. The lowest BCUT2D eigenvalue weighted by atomic mass is 9.74. The average molecular weight is 327 g/mol. The summed E-state index contributed by atoms with van der Waals surface area (Å²) in [6.45, 7) is 9.65. The fourth-order valence-corrected chi connectivity index (χ4v) is 2.92. The molecule has 0 heterocycles. The van der Waals surface area contributed by atoms with Gasteiger partial charge >= 0.3 is 0 Å². The molecule has 1 spiro atoms. The van der Waals surface area contributed by atoms with Crippen molar-refractivity contribution in [2.45, 2.75) is 65.4 Å². The van der Waals surface area contributed by atoms with Gasteiger partial charge in [0.05, 0.1) is 5.60 Å². The Balaban J connectivity index is 1.72. The van der Waals surface area contributed by atoms with Crippen molar-refractivity contribution >= 4 is 0 Å². The Morgan fingerprint density at radius 2 is 1.67 bits per heavy atom. The van der Waals surface area contributed by atoms with Crippen LogP contribution in [0.2, 0.25) is 0 Å². The Kier molecular flexibility index (Phi) is 6.46. The van der Waals surface area contributed by atoms with Crippen molar-refractivity contribution < 1.29 is 4.74 Å². The number of allylic oxidation sites excluding steroid dienone is 10. The van der Waals surface area contributed by atoms with E-state index >= 15 is 0 Å². The highest BCUT2D eigenvalue weighted by Crippen LogP contribution is 2.38. The number of ether oxygens (including phenoxy) is 1. The lowest BCUT2D eigenvalue weighted by Crippen LogP contribution is -2.23. The van der Waals surface area contributed by atoms with E-state index in [-0.39, 0.29) is 16.4 Å². The van der Waals surface area contributed by atoms with Crippen LogP contribution in [-0.4, -0.2) is 12.2 Å². The number of unbranched alkanes of at least 4 members (excludes halogenated alkanes) is 2. The highest BCUT2D eigenvalue weighted by atomic mass is 16.5. The first kappa shape index (κ1) is 19.0. The van der Waals surface area contributed by atoms with Gasteiger partial charge in [-0.3, -0.25) is 0 Å². The predicted molar refractivity (Wildman–Crippen MR) is 105 cm³/mol. The molecule has 24 heavy (non-hydrogen) atoms. The second kappa shape index (κ2) is 8.16. The van der Waals surface area contributed by atoms with Crippen LogP contribution < -0.4 is 0 Å². The summed E-state index contributed by atoms with van der Waals surface area (Å²) in [5, 5.41) is 0. The van der Waals surface area contributed by atoms with E-state index in [2.05, 4.69) is 88.5 Å². The lowest BCUT2D eigenvalue weighted by molar-refractivity contribution is -0.0214. The second-order valence-electron chi connectivity index (χ2n) is 7.93. The Bertz CT molecular complexity index is 514. The Morgan fingerprint density at radius 1 is 1.00 bits per heavy atom. The van der Waals surface area contributed by atoms with E-state index in [1.165, 1.54) is 6.42 Å². The minimum Gasteiger partial charge on any atom is -0.376 e. The number of rotatable bonds is 8. The summed E-state index contributed by atoms with van der Waals surface area (Å²) in [7, 11) is 0. The SMILES string of the molecule is CCC(C)(C)OCCCC/C=C\C1(C)C=CC2(C=CCC=C2)C=C1. The van der Waals surface area contributed by atoms with Crippen molar-refractivity contribution in [2.24, 2.45) is 10.8 Å². The third kappa shape index (κ3) is 5.63. The van der Waals surface area contributed by atoms with Crippen LogP contribution >= 0.6 is 0 Å². The number of hydrogen-bond acceptors (Lipinski definition) is 1. The van der Waals surface area contributed by atoms with Gasteiger partial charge in [0.2, 0.25) is 0 Å². The zero-order valence-electron chi connectivity index (χ0n) is 15.9. The summed E-state index contributed by atoms with van der Waals surface area (Å²) in [4.78, 5) is 0.